The molecule has 94 valence electrons. The summed E-state index contributed by atoms with van der Waals surface area (Å²) >= 11 is 0. The van der Waals surface area contributed by atoms with Gasteiger partial charge >= 0.3 is 5.97 Å². The van der Waals surface area contributed by atoms with Gasteiger partial charge in [0.15, 0.2) is 0 Å². The summed E-state index contributed by atoms with van der Waals surface area (Å²) < 4.78 is 10.9. The normalized spacial score (nSPS) is 25.2. The Bertz CT molecular complexity index is 245. The van der Waals surface area contributed by atoms with Gasteiger partial charge in [-0.2, -0.15) is 0 Å². The fourth-order valence-corrected chi connectivity index (χ4v) is 1.54. The van der Waals surface area contributed by atoms with Crippen molar-refractivity contribution in [3.05, 3.63) is 0 Å². The van der Waals surface area contributed by atoms with Gasteiger partial charge < -0.3 is 14.8 Å². The molecule has 1 atom stereocenters. The van der Waals surface area contributed by atoms with Gasteiger partial charge in [0.2, 0.25) is 0 Å². The van der Waals surface area contributed by atoms with Crippen LogP contribution in [0.25, 0.3) is 0 Å². The average Bonchev–Trinajstić information content (AvgIpc) is 2.05. The second-order valence-electron chi connectivity index (χ2n) is 5.94. The zero-order chi connectivity index (χ0) is 12.4. The van der Waals surface area contributed by atoms with Crippen LogP contribution in [0.2, 0.25) is 0 Å². The molecule has 1 N–H and O–H groups in total. The topological polar surface area (TPSA) is 47.6 Å². The molecule has 1 rings (SSSR count). The van der Waals surface area contributed by atoms with Crippen LogP contribution in [0.1, 0.15) is 41.0 Å². The lowest BCUT2D eigenvalue weighted by molar-refractivity contribution is -0.157. The van der Waals surface area contributed by atoms with Gasteiger partial charge in [0.05, 0.1) is 18.6 Å². The molecule has 0 amide bonds. The summed E-state index contributed by atoms with van der Waals surface area (Å²) in [6, 6.07) is 0.0721. The summed E-state index contributed by atoms with van der Waals surface area (Å²) in [4.78, 5) is 11.6. The lowest BCUT2D eigenvalue weighted by atomic mass is 10.1. The lowest BCUT2D eigenvalue weighted by Gasteiger charge is -2.35. The fourth-order valence-electron chi connectivity index (χ4n) is 1.54. The van der Waals surface area contributed by atoms with E-state index in [1.54, 1.807) is 0 Å². The molecule has 0 aromatic rings. The van der Waals surface area contributed by atoms with Gasteiger partial charge in [0.1, 0.15) is 5.60 Å². The maximum absolute atomic E-state index is 11.6. The van der Waals surface area contributed by atoms with Gasteiger partial charge in [0, 0.05) is 12.6 Å². The first-order chi connectivity index (χ1) is 7.18. The Hall–Kier alpha value is -0.610. The molecule has 0 bridgehead atoms. The second-order valence-corrected chi connectivity index (χ2v) is 5.94. The molecule has 0 aliphatic carbocycles. The minimum Gasteiger partial charge on any atom is -0.460 e. The van der Waals surface area contributed by atoms with Crippen LogP contribution in [0.4, 0.5) is 0 Å². The van der Waals surface area contributed by atoms with Crippen molar-refractivity contribution < 1.29 is 14.3 Å². The molecule has 1 aliphatic rings. The van der Waals surface area contributed by atoms with Crippen LogP contribution in [0.15, 0.2) is 0 Å². The van der Waals surface area contributed by atoms with E-state index in [-0.39, 0.29) is 17.6 Å². The summed E-state index contributed by atoms with van der Waals surface area (Å²) in [6.07, 6.45) is 0.368. The largest absolute Gasteiger partial charge is 0.460 e. The van der Waals surface area contributed by atoms with Gasteiger partial charge in [-0.15, -0.1) is 0 Å². The average molecular weight is 229 g/mol. The molecule has 0 spiro atoms. The van der Waals surface area contributed by atoms with Crippen LogP contribution < -0.4 is 5.32 Å². The van der Waals surface area contributed by atoms with Gasteiger partial charge in [-0.3, -0.25) is 4.79 Å². The molecule has 0 aromatic carbocycles. The summed E-state index contributed by atoms with van der Waals surface area (Å²) in [7, 11) is 0. The predicted octanol–water partition coefficient (Wildman–Crippen LogP) is 1.49. The van der Waals surface area contributed by atoms with Crippen molar-refractivity contribution in [3.63, 3.8) is 0 Å². The highest BCUT2D eigenvalue weighted by Gasteiger charge is 2.29. The Morgan fingerprint density at radius 1 is 1.50 bits per heavy atom. The zero-order valence-electron chi connectivity index (χ0n) is 10.9. The molecule has 1 heterocycles. The van der Waals surface area contributed by atoms with E-state index in [1.807, 2.05) is 34.6 Å². The summed E-state index contributed by atoms with van der Waals surface area (Å²) in [5.41, 5.74) is -0.545. The number of carbonyl (C=O) groups excluding carboxylic acids is 1. The van der Waals surface area contributed by atoms with Crippen molar-refractivity contribution in [2.24, 2.45) is 0 Å². The molecule has 0 saturated carbocycles. The molecule has 1 aliphatic heterocycles. The quantitative estimate of drug-likeness (QED) is 0.729. The second kappa shape index (κ2) is 4.72. The molecule has 1 unspecified atom stereocenters. The van der Waals surface area contributed by atoms with Crippen molar-refractivity contribution in [1.82, 2.24) is 5.32 Å². The van der Waals surface area contributed by atoms with E-state index in [1.165, 1.54) is 0 Å². The van der Waals surface area contributed by atoms with Crippen molar-refractivity contribution in [2.45, 2.75) is 58.3 Å². The van der Waals surface area contributed by atoms with Crippen LogP contribution in [0, 0.1) is 0 Å². The van der Waals surface area contributed by atoms with E-state index in [0.29, 0.717) is 13.0 Å². The monoisotopic (exact) mass is 229 g/mol. The molecular formula is C12H23NO3. The number of ether oxygens (including phenoxy) is 2. The molecule has 16 heavy (non-hydrogen) atoms. The van der Waals surface area contributed by atoms with E-state index >= 15 is 0 Å². The summed E-state index contributed by atoms with van der Waals surface area (Å²) in [6.45, 7) is 11.0. The van der Waals surface area contributed by atoms with E-state index in [4.69, 9.17) is 9.47 Å². The summed E-state index contributed by atoms with van der Waals surface area (Å²) in [5, 5.41) is 3.30. The first-order valence-corrected chi connectivity index (χ1v) is 5.77. The minimum atomic E-state index is -0.411. The smallest absolute Gasteiger partial charge is 0.307 e. The molecular weight excluding hydrogens is 206 g/mol. The third-order valence-electron chi connectivity index (χ3n) is 2.32. The predicted molar refractivity (Wildman–Crippen MR) is 62.3 cm³/mol. The number of hydrogen-bond acceptors (Lipinski definition) is 4. The minimum absolute atomic E-state index is 0.0721. The van der Waals surface area contributed by atoms with Crippen LogP contribution in [-0.4, -0.2) is 36.4 Å². The fraction of sp³-hybridized carbons (Fsp3) is 0.917. The number of carbonyl (C=O) groups is 1. The Balaban J connectivity index is 2.32. The van der Waals surface area contributed by atoms with Crippen molar-refractivity contribution in [1.29, 1.82) is 0 Å². The van der Waals surface area contributed by atoms with Crippen LogP contribution >= 0.6 is 0 Å². The van der Waals surface area contributed by atoms with Gasteiger partial charge in [0.25, 0.3) is 0 Å². The van der Waals surface area contributed by atoms with Crippen molar-refractivity contribution >= 4 is 5.97 Å². The van der Waals surface area contributed by atoms with E-state index < -0.39 is 5.60 Å². The van der Waals surface area contributed by atoms with E-state index in [2.05, 4.69) is 5.32 Å². The molecule has 0 aromatic heterocycles. The van der Waals surface area contributed by atoms with Crippen LogP contribution in [0.3, 0.4) is 0 Å². The first kappa shape index (κ1) is 13.5. The number of nitrogens with one attached hydrogen (secondary N) is 1. The standard InChI is InChI=1S/C12H23NO3/c1-11(2,3)16-10(14)6-9-7-15-12(4,5)8-13-9/h9,13H,6-8H2,1-5H3. The summed E-state index contributed by atoms with van der Waals surface area (Å²) in [5.74, 6) is -0.173. The Morgan fingerprint density at radius 2 is 2.12 bits per heavy atom. The van der Waals surface area contributed by atoms with Crippen molar-refractivity contribution in [2.75, 3.05) is 13.2 Å². The van der Waals surface area contributed by atoms with E-state index in [0.717, 1.165) is 6.54 Å². The Kier molecular flexibility index (Phi) is 3.97. The highest BCUT2D eigenvalue weighted by Crippen LogP contribution is 2.16. The zero-order valence-corrected chi connectivity index (χ0v) is 10.9. The third kappa shape index (κ3) is 4.94. The van der Waals surface area contributed by atoms with Crippen LogP contribution in [0.5, 0.6) is 0 Å². The third-order valence-corrected chi connectivity index (χ3v) is 2.32. The molecule has 0 radical (unpaired) electrons. The molecule has 4 nitrogen and oxygen atoms in total. The highest BCUT2D eigenvalue weighted by molar-refractivity contribution is 5.70. The number of rotatable bonds is 2. The molecule has 1 saturated heterocycles. The van der Waals surface area contributed by atoms with Gasteiger partial charge in [-0.25, -0.2) is 0 Å². The SMILES string of the molecule is CC(C)(C)OC(=O)CC1COC(C)(C)CN1. The number of hydrogen-bond donors (Lipinski definition) is 1. The van der Waals surface area contributed by atoms with Gasteiger partial charge in [-0.05, 0) is 34.6 Å². The number of morpholine rings is 1. The van der Waals surface area contributed by atoms with E-state index in [9.17, 15) is 4.79 Å². The lowest BCUT2D eigenvalue weighted by Crippen LogP contribution is -2.52. The first-order valence-electron chi connectivity index (χ1n) is 5.77. The highest BCUT2D eigenvalue weighted by atomic mass is 16.6. The van der Waals surface area contributed by atoms with Crippen LogP contribution in [-0.2, 0) is 14.3 Å². The number of esters is 1. The van der Waals surface area contributed by atoms with Crippen molar-refractivity contribution in [3.8, 4) is 0 Å². The molecule has 1 fully saturated rings. The Morgan fingerprint density at radius 3 is 2.56 bits per heavy atom. The maximum Gasteiger partial charge on any atom is 0.307 e. The Labute approximate surface area is 97.7 Å². The van der Waals surface area contributed by atoms with Gasteiger partial charge in [-0.1, -0.05) is 0 Å². The molecule has 4 heteroatoms. The maximum atomic E-state index is 11.6.